The lowest BCUT2D eigenvalue weighted by Crippen LogP contribution is -1.90. The topological polar surface area (TPSA) is 23.8 Å². The Kier molecular flexibility index (Phi) is 0.686. The molecule has 8 heavy (non-hydrogen) atoms. The maximum atomic E-state index is 8.45. The molecule has 0 heterocycles. The average molecular weight is 107 g/mol. The third-order valence-electron chi connectivity index (χ3n) is 2.43. The molecule has 0 N–H and O–H groups in total. The van der Waals surface area contributed by atoms with Crippen LogP contribution in [0.3, 0.4) is 0 Å². The smallest absolute Gasteiger partial charge is 0.0655 e. The summed E-state index contributed by atoms with van der Waals surface area (Å²) in [6.07, 6.45) is 3.85. The van der Waals surface area contributed by atoms with E-state index in [0.29, 0.717) is 5.92 Å². The van der Waals surface area contributed by atoms with Gasteiger partial charge >= 0.3 is 0 Å². The fraction of sp³-hybridized carbons (Fsp3) is 0.857. The summed E-state index contributed by atoms with van der Waals surface area (Å²) < 4.78 is 0. The van der Waals surface area contributed by atoms with Crippen LogP contribution in [0.1, 0.15) is 19.3 Å². The minimum absolute atomic E-state index is 0.429. The Hall–Kier alpha value is -0.510. The second kappa shape index (κ2) is 1.25. The fourth-order valence-electron chi connectivity index (χ4n) is 1.82. The van der Waals surface area contributed by atoms with E-state index in [1.54, 1.807) is 0 Å². The monoisotopic (exact) mass is 107 g/mol. The van der Waals surface area contributed by atoms with Gasteiger partial charge in [0.15, 0.2) is 0 Å². The quantitative estimate of drug-likeness (QED) is 0.460. The van der Waals surface area contributed by atoms with Crippen LogP contribution in [0.5, 0.6) is 0 Å². The van der Waals surface area contributed by atoms with Crippen molar-refractivity contribution in [1.82, 2.24) is 0 Å². The lowest BCUT2D eigenvalue weighted by Gasteiger charge is -1.95. The highest BCUT2D eigenvalue weighted by Crippen LogP contribution is 2.53. The molecule has 3 atom stereocenters. The number of fused-ring (bicyclic) bond motifs is 1. The van der Waals surface area contributed by atoms with Crippen molar-refractivity contribution in [2.45, 2.75) is 19.3 Å². The molecule has 2 saturated carbocycles. The van der Waals surface area contributed by atoms with Crippen LogP contribution in [0.15, 0.2) is 0 Å². The summed E-state index contributed by atoms with van der Waals surface area (Å²) in [5, 5.41) is 8.45. The molecule has 2 aliphatic rings. The summed E-state index contributed by atoms with van der Waals surface area (Å²) in [5.74, 6) is 2.37. The molecular weight excluding hydrogens is 98.1 g/mol. The van der Waals surface area contributed by atoms with E-state index in [1.807, 2.05) is 0 Å². The highest BCUT2D eigenvalue weighted by atomic mass is 14.5. The van der Waals surface area contributed by atoms with Gasteiger partial charge in [-0.15, -0.1) is 0 Å². The normalized spacial score (nSPS) is 50.1. The van der Waals surface area contributed by atoms with Crippen molar-refractivity contribution in [2.24, 2.45) is 17.8 Å². The van der Waals surface area contributed by atoms with E-state index in [0.717, 1.165) is 11.8 Å². The van der Waals surface area contributed by atoms with Crippen LogP contribution < -0.4 is 0 Å². The first-order valence-corrected chi connectivity index (χ1v) is 3.30. The Balaban J connectivity index is 2.01. The first kappa shape index (κ1) is 4.38. The Morgan fingerprint density at radius 2 is 1.75 bits per heavy atom. The molecule has 0 aromatic carbocycles. The van der Waals surface area contributed by atoms with Crippen LogP contribution in [0.25, 0.3) is 0 Å². The highest BCUT2D eigenvalue weighted by Gasteiger charge is 2.45. The molecule has 42 valence electrons. The predicted octanol–water partition coefficient (Wildman–Crippen LogP) is 1.56. The molecule has 2 aliphatic carbocycles. The molecule has 0 spiro atoms. The first-order valence-electron chi connectivity index (χ1n) is 3.30. The SMILES string of the molecule is N#CC1C[C@@H]2C[C@@H]2C1. The van der Waals surface area contributed by atoms with Crippen molar-refractivity contribution in [3.05, 3.63) is 0 Å². The van der Waals surface area contributed by atoms with E-state index in [4.69, 9.17) is 5.26 Å². The van der Waals surface area contributed by atoms with Gasteiger partial charge in [-0.1, -0.05) is 0 Å². The standard InChI is InChI=1S/C7H9N/c8-4-5-1-6-3-7(6)2-5/h5-7H,1-3H2/t5?,6-,7+. The molecule has 1 nitrogen and oxygen atoms in total. The van der Waals surface area contributed by atoms with Gasteiger partial charge in [0.1, 0.15) is 0 Å². The van der Waals surface area contributed by atoms with Gasteiger partial charge in [0.25, 0.3) is 0 Å². The van der Waals surface area contributed by atoms with Gasteiger partial charge in [0, 0.05) is 5.92 Å². The number of hydrogen-bond acceptors (Lipinski definition) is 1. The Bertz CT molecular complexity index is 135. The minimum atomic E-state index is 0.429. The number of hydrogen-bond donors (Lipinski definition) is 0. The van der Waals surface area contributed by atoms with E-state index in [9.17, 15) is 0 Å². The lowest BCUT2D eigenvalue weighted by atomic mass is 10.1. The van der Waals surface area contributed by atoms with Crippen molar-refractivity contribution in [3.8, 4) is 6.07 Å². The lowest BCUT2D eigenvalue weighted by molar-refractivity contribution is 0.604. The van der Waals surface area contributed by atoms with Crippen molar-refractivity contribution in [3.63, 3.8) is 0 Å². The molecule has 0 aliphatic heterocycles. The van der Waals surface area contributed by atoms with Crippen LogP contribution in [-0.2, 0) is 0 Å². The first-order chi connectivity index (χ1) is 3.90. The summed E-state index contributed by atoms with van der Waals surface area (Å²) in [6, 6.07) is 2.32. The van der Waals surface area contributed by atoms with Gasteiger partial charge < -0.3 is 0 Å². The Morgan fingerprint density at radius 1 is 1.12 bits per heavy atom. The van der Waals surface area contributed by atoms with E-state index in [1.165, 1.54) is 19.3 Å². The average Bonchev–Trinajstić information content (AvgIpc) is 2.40. The maximum absolute atomic E-state index is 8.45. The van der Waals surface area contributed by atoms with Crippen LogP contribution in [0, 0.1) is 29.1 Å². The van der Waals surface area contributed by atoms with Gasteiger partial charge in [-0.2, -0.15) is 5.26 Å². The molecule has 0 amide bonds. The van der Waals surface area contributed by atoms with Crippen molar-refractivity contribution in [2.75, 3.05) is 0 Å². The molecular formula is C7H9N. The zero-order valence-corrected chi connectivity index (χ0v) is 4.80. The van der Waals surface area contributed by atoms with Crippen LogP contribution in [0.2, 0.25) is 0 Å². The largest absolute Gasteiger partial charge is 0.198 e. The van der Waals surface area contributed by atoms with E-state index in [2.05, 4.69) is 6.07 Å². The van der Waals surface area contributed by atoms with E-state index < -0.39 is 0 Å². The summed E-state index contributed by atoms with van der Waals surface area (Å²) in [7, 11) is 0. The van der Waals surface area contributed by atoms with Gasteiger partial charge in [0.05, 0.1) is 6.07 Å². The van der Waals surface area contributed by atoms with Crippen molar-refractivity contribution in [1.29, 1.82) is 5.26 Å². The summed E-state index contributed by atoms with van der Waals surface area (Å²) in [5.41, 5.74) is 0. The van der Waals surface area contributed by atoms with E-state index >= 15 is 0 Å². The molecule has 0 radical (unpaired) electrons. The third-order valence-corrected chi connectivity index (χ3v) is 2.43. The molecule has 0 aromatic heterocycles. The number of rotatable bonds is 0. The van der Waals surface area contributed by atoms with Crippen LogP contribution in [-0.4, -0.2) is 0 Å². The summed E-state index contributed by atoms with van der Waals surface area (Å²) in [4.78, 5) is 0. The molecule has 1 heteroatoms. The Labute approximate surface area is 49.3 Å². The molecule has 0 aromatic rings. The number of nitriles is 1. The van der Waals surface area contributed by atoms with Crippen LogP contribution >= 0.6 is 0 Å². The van der Waals surface area contributed by atoms with Gasteiger partial charge in [-0.3, -0.25) is 0 Å². The Morgan fingerprint density at radius 3 is 2.12 bits per heavy atom. The highest BCUT2D eigenvalue weighted by molar-refractivity contribution is 5.02. The van der Waals surface area contributed by atoms with E-state index in [-0.39, 0.29) is 0 Å². The summed E-state index contributed by atoms with van der Waals surface area (Å²) >= 11 is 0. The second-order valence-electron chi connectivity index (χ2n) is 3.05. The minimum Gasteiger partial charge on any atom is -0.198 e. The van der Waals surface area contributed by atoms with Gasteiger partial charge in [0.2, 0.25) is 0 Å². The maximum Gasteiger partial charge on any atom is 0.0655 e. The number of nitrogens with zero attached hydrogens (tertiary/aromatic N) is 1. The third kappa shape index (κ3) is 0.461. The predicted molar refractivity (Wildman–Crippen MR) is 29.9 cm³/mol. The molecule has 0 bridgehead atoms. The molecule has 1 unspecified atom stereocenters. The molecule has 0 saturated heterocycles. The molecule has 2 rings (SSSR count). The van der Waals surface area contributed by atoms with Crippen molar-refractivity contribution >= 4 is 0 Å². The summed E-state index contributed by atoms with van der Waals surface area (Å²) in [6.45, 7) is 0. The zero-order valence-electron chi connectivity index (χ0n) is 4.80. The van der Waals surface area contributed by atoms with Gasteiger partial charge in [-0.05, 0) is 31.1 Å². The second-order valence-corrected chi connectivity index (χ2v) is 3.05. The van der Waals surface area contributed by atoms with Gasteiger partial charge in [-0.25, -0.2) is 0 Å². The fourth-order valence-corrected chi connectivity index (χ4v) is 1.82. The van der Waals surface area contributed by atoms with Crippen LogP contribution in [0.4, 0.5) is 0 Å². The van der Waals surface area contributed by atoms with Crippen molar-refractivity contribution < 1.29 is 0 Å². The zero-order chi connectivity index (χ0) is 5.56. The molecule has 2 fully saturated rings.